The number of nitrogens with one attached hydrogen (secondary N) is 1. The molecule has 3 N–H and O–H groups in total. The first-order chi connectivity index (χ1) is 8.64. The van der Waals surface area contributed by atoms with Crippen LogP contribution in [0.1, 0.15) is 35.7 Å². The largest absolute Gasteiger partial charge is 0.351 e. The van der Waals surface area contributed by atoms with E-state index in [4.69, 9.17) is 5.73 Å². The normalized spacial score (nSPS) is 15.4. The summed E-state index contributed by atoms with van der Waals surface area (Å²) in [6, 6.07) is 1.69. The second-order valence-electron chi connectivity index (χ2n) is 4.92. The van der Waals surface area contributed by atoms with Crippen LogP contribution in [-0.2, 0) is 0 Å². The fourth-order valence-electron chi connectivity index (χ4n) is 1.62. The minimum Gasteiger partial charge on any atom is -0.351 e. The highest BCUT2D eigenvalue weighted by Gasteiger charge is 2.37. The number of nitrogens with two attached hydrogens (primary N) is 1. The number of carbonyl (C=O) groups is 1. The summed E-state index contributed by atoms with van der Waals surface area (Å²) < 4.78 is 0. The maximum Gasteiger partial charge on any atom is 0.252 e. The van der Waals surface area contributed by atoms with E-state index in [9.17, 15) is 4.79 Å². The first-order valence-corrected chi connectivity index (χ1v) is 6.06. The van der Waals surface area contributed by atoms with Crippen molar-refractivity contribution in [2.24, 2.45) is 11.1 Å². The molecular weight excluding hydrogens is 226 g/mol. The summed E-state index contributed by atoms with van der Waals surface area (Å²) in [6.45, 7) is 3.17. The van der Waals surface area contributed by atoms with Crippen molar-refractivity contribution >= 4 is 5.91 Å². The van der Waals surface area contributed by atoms with Crippen molar-refractivity contribution in [1.82, 2.24) is 10.3 Å². The molecular formula is C14H17N3O. The minimum absolute atomic E-state index is 0.0909. The number of carbonyl (C=O) groups excluding carboxylic acids is 1. The molecule has 1 aliphatic rings. The molecule has 0 atom stereocenters. The Kier molecular flexibility index (Phi) is 3.63. The zero-order valence-electron chi connectivity index (χ0n) is 10.5. The third kappa shape index (κ3) is 3.08. The van der Waals surface area contributed by atoms with Crippen LogP contribution >= 0.6 is 0 Å². The van der Waals surface area contributed by atoms with E-state index in [1.54, 1.807) is 18.5 Å². The molecule has 1 amide bonds. The van der Waals surface area contributed by atoms with Gasteiger partial charge in [0.15, 0.2) is 0 Å². The Hall–Kier alpha value is -1.86. The van der Waals surface area contributed by atoms with E-state index in [-0.39, 0.29) is 12.5 Å². The zero-order chi connectivity index (χ0) is 13.0. The van der Waals surface area contributed by atoms with Crippen molar-refractivity contribution in [3.8, 4) is 11.8 Å². The Morgan fingerprint density at radius 1 is 1.61 bits per heavy atom. The van der Waals surface area contributed by atoms with E-state index in [1.807, 2.05) is 0 Å². The van der Waals surface area contributed by atoms with Crippen molar-refractivity contribution in [3.05, 3.63) is 29.6 Å². The molecule has 0 radical (unpaired) electrons. The summed E-state index contributed by atoms with van der Waals surface area (Å²) in [5, 5.41) is 2.95. The fourth-order valence-corrected chi connectivity index (χ4v) is 1.62. The van der Waals surface area contributed by atoms with Gasteiger partial charge in [0.2, 0.25) is 0 Å². The van der Waals surface area contributed by atoms with Gasteiger partial charge in [-0.25, -0.2) is 0 Å². The molecule has 1 fully saturated rings. The minimum atomic E-state index is -0.0909. The van der Waals surface area contributed by atoms with Crippen molar-refractivity contribution in [1.29, 1.82) is 0 Å². The van der Waals surface area contributed by atoms with E-state index >= 15 is 0 Å². The molecule has 94 valence electrons. The molecule has 0 unspecified atom stereocenters. The Labute approximate surface area is 107 Å². The van der Waals surface area contributed by atoms with Crippen LogP contribution in [0, 0.1) is 17.3 Å². The maximum atomic E-state index is 12.1. The van der Waals surface area contributed by atoms with Crippen LogP contribution in [0.3, 0.4) is 0 Å². The highest BCUT2D eigenvalue weighted by Crippen LogP contribution is 2.44. The zero-order valence-corrected chi connectivity index (χ0v) is 10.5. The quantitative estimate of drug-likeness (QED) is 0.776. The molecule has 2 rings (SSSR count). The molecule has 1 heterocycles. The number of nitrogens with zero attached hydrogens (tertiary/aromatic N) is 1. The van der Waals surface area contributed by atoms with E-state index in [0.29, 0.717) is 16.5 Å². The van der Waals surface area contributed by atoms with Gasteiger partial charge in [-0.15, -0.1) is 0 Å². The van der Waals surface area contributed by atoms with Crippen LogP contribution < -0.4 is 11.1 Å². The lowest BCUT2D eigenvalue weighted by atomic mass is 10.1. The lowest BCUT2D eigenvalue weighted by Crippen LogP contribution is -2.29. The molecule has 0 spiro atoms. The molecule has 4 heteroatoms. The topological polar surface area (TPSA) is 68.0 Å². The first-order valence-electron chi connectivity index (χ1n) is 6.06. The Balaban J connectivity index is 2.08. The Bertz CT molecular complexity index is 509. The van der Waals surface area contributed by atoms with Gasteiger partial charge in [0.05, 0.1) is 17.7 Å². The summed E-state index contributed by atoms with van der Waals surface area (Å²) in [6.07, 6.45) is 5.56. The van der Waals surface area contributed by atoms with Crippen LogP contribution in [0.5, 0.6) is 0 Å². The van der Waals surface area contributed by atoms with Gasteiger partial charge in [0, 0.05) is 18.9 Å². The smallest absolute Gasteiger partial charge is 0.252 e. The number of aromatic nitrogens is 1. The van der Waals surface area contributed by atoms with Gasteiger partial charge in [-0.05, 0) is 24.3 Å². The monoisotopic (exact) mass is 243 g/mol. The lowest BCUT2D eigenvalue weighted by molar-refractivity contribution is 0.0946. The highest BCUT2D eigenvalue weighted by molar-refractivity contribution is 5.96. The molecule has 1 aliphatic carbocycles. The van der Waals surface area contributed by atoms with Crippen molar-refractivity contribution in [2.75, 3.05) is 13.1 Å². The van der Waals surface area contributed by atoms with E-state index < -0.39 is 0 Å². The molecule has 18 heavy (non-hydrogen) atoms. The van der Waals surface area contributed by atoms with Gasteiger partial charge in [0.25, 0.3) is 5.91 Å². The van der Waals surface area contributed by atoms with Crippen LogP contribution in [0.15, 0.2) is 18.5 Å². The molecule has 1 aromatic heterocycles. The molecule has 0 saturated heterocycles. The lowest BCUT2D eigenvalue weighted by Gasteiger charge is -2.10. The van der Waals surface area contributed by atoms with Crippen LogP contribution in [0.2, 0.25) is 0 Å². The summed E-state index contributed by atoms with van der Waals surface area (Å²) in [5.74, 6) is 5.52. The van der Waals surface area contributed by atoms with Gasteiger partial charge >= 0.3 is 0 Å². The summed E-state index contributed by atoms with van der Waals surface area (Å²) >= 11 is 0. The van der Waals surface area contributed by atoms with Crippen molar-refractivity contribution < 1.29 is 4.79 Å². The number of amides is 1. The average molecular weight is 243 g/mol. The van der Waals surface area contributed by atoms with Crippen LogP contribution in [0.4, 0.5) is 0 Å². The first kappa shape index (κ1) is 12.6. The van der Waals surface area contributed by atoms with Gasteiger partial charge in [-0.3, -0.25) is 9.78 Å². The van der Waals surface area contributed by atoms with E-state index in [0.717, 1.165) is 6.54 Å². The number of hydrogen-bond acceptors (Lipinski definition) is 3. The van der Waals surface area contributed by atoms with Crippen molar-refractivity contribution in [2.45, 2.75) is 19.8 Å². The standard InChI is InChI=1S/C14H17N3O/c1-14(5-6-14)10-17-13(18)12-4-8-16-9-11(12)3-2-7-15/h4,8-9H,5-7,10,15H2,1H3,(H,17,18). The fraction of sp³-hybridized carbons (Fsp3) is 0.429. The Morgan fingerprint density at radius 3 is 3.06 bits per heavy atom. The van der Waals surface area contributed by atoms with E-state index in [1.165, 1.54) is 12.8 Å². The third-order valence-electron chi connectivity index (χ3n) is 3.17. The molecule has 0 bridgehead atoms. The van der Waals surface area contributed by atoms with Gasteiger partial charge < -0.3 is 11.1 Å². The van der Waals surface area contributed by atoms with Crippen molar-refractivity contribution in [3.63, 3.8) is 0 Å². The van der Waals surface area contributed by atoms with Gasteiger partial charge in [-0.1, -0.05) is 18.8 Å². The molecule has 4 nitrogen and oxygen atoms in total. The SMILES string of the molecule is CC1(CNC(=O)c2ccncc2C#CCN)CC1. The predicted molar refractivity (Wildman–Crippen MR) is 69.8 cm³/mol. The highest BCUT2D eigenvalue weighted by atomic mass is 16.1. The molecule has 1 saturated carbocycles. The third-order valence-corrected chi connectivity index (χ3v) is 3.17. The van der Waals surface area contributed by atoms with Crippen LogP contribution in [-0.4, -0.2) is 24.0 Å². The molecule has 0 aromatic carbocycles. The second-order valence-corrected chi connectivity index (χ2v) is 4.92. The summed E-state index contributed by atoms with van der Waals surface area (Å²) in [7, 11) is 0. The molecule has 0 aliphatic heterocycles. The Morgan fingerprint density at radius 2 is 2.39 bits per heavy atom. The molecule has 1 aromatic rings. The predicted octanol–water partition coefficient (Wildman–Crippen LogP) is 0.922. The van der Waals surface area contributed by atoms with E-state index in [2.05, 4.69) is 29.1 Å². The average Bonchev–Trinajstić information content (AvgIpc) is 3.12. The maximum absolute atomic E-state index is 12.1. The van der Waals surface area contributed by atoms with Crippen LogP contribution in [0.25, 0.3) is 0 Å². The van der Waals surface area contributed by atoms with Gasteiger partial charge in [-0.2, -0.15) is 0 Å². The summed E-state index contributed by atoms with van der Waals surface area (Å²) in [5.41, 5.74) is 6.82. The van der Waals surface area contributed by atoms with Gasteiger partial charge in [0.1, 0.15) is 0 Å². The number of rotatable bonds is 3. The number of pyridine rings is 1. The second kappa shape index (κ2) is 5.19. The summed E-state index contributed by atoms with van der Waals surface area (Å²) in [4.78, 5) is 16.0. The number of hydrogen-bond donors (Lipinski definition) is 2.